The normalized spacial score (nSPS) is 10.8. The number of rotatable bonds is 4. The van der Waals surface area contributed by atoms with Gasteiger partial charge in [0.2, 0.25) is 0 Å². The summed E-state index contributed by atoms with van der Waals surface area (Å²) in [5.41, 5.74) is 3.29. The second kappa shape index (κ2) is 7.48. The third kappa shape index (κ3) is 3.74. The number of aromatic nitrogens is 2. The van der Waals surface area contributed by atoms with Crippen molar-refractivity contribution >= 4 is 34.8 Å². The van der Waals surface area contributed by atoms with Crippen LogP contribution >= 0.6 is 23.2 Å². The van der Waals surface area contributed by atoms with Gasteiger partial charge in [-0.15, -0.1) is 0 Å². The van der Waals surface area contributed by atoms with E-state index in [0.29, 0.717) is 28.5 Å². The van der Waals surface area contributed by atoms with Gasteiger partial charge in [-0.05, 0) is 43.7 Å². The Morgan fingerprint density at radius 1 is 1.15 bits per heavy atom. The van der Waals surface area contributed by atoms with Gasteiger partial charge in [0, 0.05) is 0 Å². The molecule has 0 unspecified atom stereocenters. The fraction of sp³-hybridized carbons (Fsp3) is 0.158. The van der Waals surface area contributed by atoms with Gasteiger partial charge in [0.15, 0.2) is 0 Å². The van der Waals surface area contributed by atoms with Gasteiger partial charge in [0.05, 0.1) is 39.2 Å². The molecule has 0 bridgehead atoms. The SMILES string of the molecule is Cc1nn(Cc2ccc(F)cc2)c(C)c1NC(=O)c1cccc(Cl)c1Cl. The minimum absolute atomic E-state index is 0.209. The Balaban J connectivity index is 1.85. The number of hydrogen-bond acceptors (Lipinski definition) is 2. The van der Waals surface area contributed by atoms with E-state index in [1.165, 1.54) is 12.1 Å². The van der Waals surface area contributed by atoms with Gasteiger partial charge >= 0.3 is 0 Å². The van der Waals surface area contributed by atoms with Gasteiger partial charge in [-0.2, -0.15) is 5.10 Å². The summed E-state index contributed by atoms with van der Waals surface area (Å²) in [6.45, 7) is 4.14. The number of halogens is 3. The maximum atomic E-state index is 13.0. The number of aryl methyl sites for hydroxylation is 1. The van der Waals surface area contributed by atoms with Crippen molar-refractivity contribution in [2.24, 2.45) is 0 Å². The average molecular weight is 392 g/mol. The zero-order chi connectivity index (χ0) is 18.8. The molecule has 2 aromatic carbocycles. The topological polar surface area (TPSA) is 46.9 Å². The van der Waals surface area contributed by atoms with Gasteiger partial charge in [0.25, 0.3) is 5.91 Å². The molecule has 0 aliphatic carbocycles. The molecule has 0 aliphatic heterocycles. The maximum Gasteiger partial charge on any atom is 0.257 e. The number of carbonyl (C=O) groups excluding carboxylic acids is 1. The van der Waals surface area contributed by atoms with Crippen molar-refractivity contribution in [2.45, 2.75) is 20.4 Å². The first-order chi connectivity index (χ1) is 12.4. The average Bonchev–Trinajstić information content (AvgIpc) is 2.86. The van der Waals surface area contributed by atoms with Crippen LogP contribution in [0.5, 0.6) is 0 Å². The summed E-state index contributed by atoms with van der Waals surface area (Å²) < 4.78 is 14.8. The molecular formula is C19H16Cl2FN3O. The predicted molar refractivity (Wildman–Crippen MR) is 102 cm³/mol. The Hall–Kier alpha value is -2.37. The van der Waals surface area contributed by atoms with Crippen LogP contribution in [0.15, 0.2) is 42.5 Å². The molecule has 134 valence electrons. The highest BCUT2D eigenvalue weighted by atomic mass is 35.5. The highest BCUT2D eigenvalue weighted by Gasteiger charge is 2.18. The van der Waals surface area contributed by atoms with Gasteiger partial charge in [-0.3, -0.25) is 9.48 Å². The lowest BCUT2D eigenvalue weighted by molar-refractivity contribution is 0.102. The lowest BCUT2D eigenvalue weighted by Crippen LogP contribution is -2.14. The van der Waals surface area contributed by atoms with E-state index >= 15 is 0 Å². The van der Waals surface area contributed by atoms with Crippen LogP contribution in [0.25, 0.3) is 0 Å². The van der Waals surface area contributed by atoms with Crippen LogP contribution in [-0.2, 0) is 6.54 Å². The molecule has 7 heteroatoms. The fourth-order valence-corrected chi connectivity index (χ4v) is 3.04. The molecule has 3 rings (SSSR count). The van der Waals surface area contributed by atoms with Gasteiger partial charge in [-0.1, -0.05) is 41.4 Å². The molecule has 0 atom stereocenters. The van der Waals surface area contributed by atoms with E-state index in [4.69, 9.17) is 23.2 Å². The lowest BCUT2D eigenvalue weighted by atomic mass is 10.2. The summed E-state index contributed by atoms with van der Waals surface area (Å²) in [6.07, 6.45) is 0. The minimum Gasteiger partial charge on any atom is -0.319 e. The number of anilines is 1. The number of hydrogen-bond donors (Lipinski definition) is 1. The van der Waals surface area contributed by atoms with Crippen LogP contribution in [0.2, 0.25) is 10.0 Å². The Bertz CT molecular complexity index is 968. The molecule has 0 spiro atoms. The van der Waals surface area contributed by atoms with Crippen molar-refractivity contribution in [3.8, 4) is 0 Å². The molecule has 1 amide bonds. The highest BCUT2D eigenvalue weighted by molar-refractivity contribution is 6.44. The van der Waals surface area contributed by atoms with Crippen molar-refractivity contribution in [1.82, 2.24) is 9.78 Å². The zero-order valence-electron chi connectivity index (χ0n) is 14.2. The minimum atomic E-state index is -0.356. The summed E-state index contributed by atoms with van der Waals surface area (Å²) in [5, 5.41) is 7.84. The second-order valence-corrected chi connectivity index (χ2v) is 6.67. The molecule has 0 radical (unpaired) electrons. The van der Waals surface area contributed by atoms with E-state index in [1.807, 2.05) is 13.8 Å². The van der Waals surface area contributed by atoms with Crippen molar-refractivity contribution in [3.63, 3.8) is 0 Å². The van der Waals surface area contributed by atoms with Crippen LogP contribution in [-0.4, -0.2) is 15.7 Å². The number of amides is 1. The molecule has 3 aromatic rings. The number of benzene rings is 2. The lowest BCUT2D eigenvalue weighted by Gasteiger charge is -2.09. The van der Waals surface area contributed by atoms with Gasteiger partial charge < -0.3 is 5.32 Å². The first kappa shape index (κ1) is 18.4. The first-order valence-electron chi connectivity index (χ1n) is 7.90. The van der Waals surface area contributed by atoms with Crippen molar-refractivity contribution < 1.29 is 9.18 Å². The van der Waals surface area contributed by atoms with Crippen LogP contribution in [0.1, 0.15) is 27.3 Å². The van der Waals surface area contributed by atoms with E-state index in [-0.39, 0.29) is 16.7 Å². The van der Waals surface area contributed by atoms with Crippen LogP contribution in [0.3, 0.4) is 0 Å². The Morgan fingerprint density at radius 3 is 2.54 bits per heavy atom. The van der Waals surface area contributed by atoms with E-state index in [9.17, 15) is 9.18 Å². The predicted octanol–water partition coefficient (Wildman–Crippen LogP) is 5.25. The summed E-state index contributed by atoms with van der Waals surface area (Å²) in [4.78, 5) is 12.6. The number of nitrogens with zero attached hydrogens (tertiary/aromatic N) is 2. The van der Waals surface area contributed by atoms with E-state index in [1.54, 1.807) is 35.0 Å². The third-order valence-corrected chi connectivity index (χ3v) is 4.88. The van der Waals surface area contributed by atoms with E-state index in [0.717, 1.165) is 11.3 Å². The molecule has 0 saturated heterocycles. The summed E-state index contributed by atoms with van der Waals surface area (Å²) in [5.74, 6) is -0.640. The number of carbonyl (C=O) groups is 1. The van der Waals surface area contributed by atoms with Crippen LogP contribution in [0, 0.1) is 19.7 Å². The molecule has 26 heavy (non-hydrogen) atoms. The molecular weight excluding hydrogens is 376 g/mol. The summed E-state index contributed by atoms with van der Waals surface area (Å²) in [7, 11) is 0. The van der Waals surface area contributed by atoms with Crippen molar-refractivity contribution in [2.75, 3.05) is 5.32 Å². The first-order valence-corrected chi connectivity index (χ1v) is 8.66. The molecule has 4 nitrogen and oxygen atoms in total. The van der Waals surface area contributed by atoms with Gasteiger partial charge in [-0.25, -0.2) is 4.39 Å². The van der Waals surface area contributed by atoms with Crippen LogP contribution in [0.4, 0.5) is 10.1 Å². The van der Waals surface area contributed by atoms with E-state index in [2.05, 4.69) is 10.4 Å². The van der Waals surface area contributed by atoms with Crippen molar-refractivity contribution in [1.29, 1.82) is 0 Å². The molecule has 1 N–H and O–H groups in total. The van der Waals surface area contributed by atoms with Crippen LogP contribution < -0.4 is 5.32 Å². The largest absolute Gasteiger partial charge is 0.319 e. The van der Waals surface area contributed by atoms with E-state index < -0.39 is 0 Å². The second-order valence-electron chi connectivity index (χ2n) is 5.89. The quantitative estimate of drug-likeness (QED) is 0.660. The molecule has 1 aromatic heterocycles. The molecule has 1 heterocycles. The molecule has 0 fully saturated rings. The molecule has 0 saturated carbocycles. The van der Waals surface area contributed by atoms with Crippen molar-refractivity contribution in [3.05, 3.63) is 80.8 Å². The Labute approximate surface area is 160 Å². The third-order valence-electron chi connectivity index (χ3n) is 4.06. The summed E-state index contributed by atoms with van der Waals surface area (Å²) >= 11 is 12.1. The fourth-order valence-electron chi connectivity index (χ4n) is 2.65. The Morgan fingerprint density at radius 2 is 1.85 bits per heavy atom. The zero-order valence-corrected chi connectivity index (χ0v) is 15.7. The maximum absolute atomic E-state index is 13.0. The monoisotopic (exact) mass is 391 g/mol. The highest BCUT2D eigenvalue weighted by Crippen LogP contribution is 2.27. The number of nitrogens with one attached hydrogen (secondary N) is 1. The van der Waals surface area contributed by atoms with Gasteiger partial charge in [0.1, 0.15) is 5.82 Å². The standard InChI is InChI=1S/C19H16Cl2FN3O/c1-11-18(23-19(26)15-4-3-5-16(20)17(15)21)12(2)25(24-11)10-13-6-8-14(22)9-7-13/h3-9H,10H2,1-2H3,(H,23,26). The Kier molecular flexibility index (Phi) is 5.30. The molecule has 0 aliphatic rings. The smallest absolute Gasteiger partial charge is 0.257 e. The summed E-state index contributed by atoms with van der Waals surface area (Å²) in [6, 6.07) is 11.1.